The number of benzene rings is 1. The van der Waals surface area contributed by atoms with Gasteiger partial charge in [0.2, 0.25) is 82.4 Å². The number of hydroxylamine groups is 1. The van der Waals surface area contributed by atoms with Crippen molar-refractivity contribution in [1.29, 1.82) is 5.41 Å². The lowest BCUT2D eigenvalue weighted by atomic mass is 9.85. The molecule has 19 N–H and O–H groups in total. The van der Waals surface area contributed by atoms with Gasteiger partial charge in [0.05, 0.1) is 86.6 Å². The van der Waals surface area contributed by atoms with E-state index in [1.54, 1.807) is 17.6 Å². The van der Waals surface area contributed by atoms with Gasteiger partial charge in [0.25, 0.3) is 5.56 Å². The van der Waals surface area contributed by atoms with Crippen LogP contribution >= 0.6 is 33.3 Å². The molecule has 0 spiro atoms. The van der Waals surface area contributed by atoms with E-state index in [0.29, 0.717) is 39.4 Å². The van der Waals surface area contributed by atoms with Crippen molar-refractivity contribution in [3.63, 3.8) is 0 Å². The number of carbonyl (C=O) groups excluding carboxylic acids is 15. The van der Waals surface area contributed by atoms with Crippen LogP contribution in [0.3, 0.4) is 0 Å². The second-order valence-electron chi connectivity index (χ2n) is 28.8. The topological polar surface area (TPSA) is 664 Å². The van der Waals surface area contributed by atoms with Gasteiger partial charge >= 0.3 is 29.8 Å². The summed E-state index contributed by atoms with van der Waals surface area (Å²) in [6, 6.07) is -2.43. The summed E-state index contributed by atoms with van der Waals surface area (Å²) >= 11 is 0.748. The number of likely N-dealkylation sites (tertiary alicyclic amines) is 1. The molecule has 0 aliphatic carbocycles. The minimum absolute atomic E-state index is 0.0149. The summed E-state index contributed by atoms with van der Waals surface area (Å²) < 4.78 is 24.0. The Morgan fingerprint density at radius 2 is 1.41 bits per heavy atom. The van der Waals surface area contributed by atoms with Gasteiger partial charge in [0.1, 0.15) is 54.9 Å². The van der Waals surface area contributed by atoms with E-state index in [1.165, 1.54) is 0 Å². The average Bonchev–Trinajstić information content (AvgIpc) is 1.61. The van der Waals surface area contributed by atoms with Gasteiger partial charge in [-0.25, -0.2) is 20.1 Å². The Morgan fingerprint density at radius 3 is 2.11 bits per heavy atom. The summed E-state index contributed by atoms with van der Waals surface area (Å²) in [4.78, 5) is 268. The van der Waals surface area contributed by atoms with E-state index < -0.39 is 234 Å². The molecule has 1 aromatic carbocycles. The number of rotatable bonds is 35. The summed E-state index contributed by atoms with van der Waals surface area (Å²) in [5.41, 5.74) is 14.1. The molecule has 7 heterocycles. The van der Waals surface area contributed by atoms with E-state index in [9.17, 15) is 106 Å². The second kappa shape index (κ2) is 47.2. The van der Waals surface area contributed by atoms with Crippen molar-refractivity contribution in [3.8, 4) is 11.4 Å². The molecule has 48 heteroatoms. The van der Waals surface area contributed by atoms with Crippen molar-refractivity contribution in [2.75, 3.05) is 89.6 Å². The molecule has 10 atom stereocenters. The summed E-state index contributed by atoms with van der Waals surface area (Å²) in [6.45, 7) is 0.548. The normalized spacial score (nSPS) is 22.3. The predicted molar refractivity (Wildman–Crippen MR) is 435 cm³/mol. The number of nitrogens with zero attached hydrogens (tertiary/aromatic N) is 4. The molecule has 3 aromatic rings. The van der Waals surface area contributed by atoms with Gasteiger partial charge < -0.3 is 108 Å². The zero-order valence-electron chi connectivity index (χ0n) is 67.2. The quantitative estimate of drug-likeness (QED) is 0.00391. The molecule has 670 valence electrons. The van der Waals surface area contributed by atoms with Crippen LogP contribution in [-0.4, -0.2) is 290 Å². The van der Waals surface area contributed by atoms with Gasteiger partial charge in [-0.15, -0.1) is 11.8 Å². The highest BCUT2D eigenvalue weighted by atomic mass is 33.1. The van der Waals surface area contributed by atoms with E-state index in [2.05, 4.69) is 58.6 Å². The first-order valence-corrected chi connectivity index (χ1v) is 43.0. The molecule has 5 aliphatic heterocycles. The molecule has 8 rings (SSSR count). The largest absolute Gasteiger partial charge is 0.481 e. The number of unbranched alkanes of at least 4 members (excludes halogenated alkanes) is 1. The predicted octanol–water partition coefficient (Wildman–Crippen LogP) is -4.80. The van der Waals surface area contributed by atoms with Crippen molar-refractivity contribution >= 4 is 157 Å². The maximum Gasteiger partial charge on any atom is 0.355 e. The number of pyridine rings is 2. The molecule has 0 saturated carbocycles. The van der Waals surface area contributed by atoms with Gasteiger partial charge in [0.15, 0.2) is 5.96 Å². The lowest BCUT2D eigenvalue weighted by molar-refractivity contribution is -0.189. The summed E-state index contributed by atoms with van der Waals surface area (Å²) in [6.07, 6.45) is -2.76. The molecular weight excluding hydrogens is 1680 g/mol. The third kappa shape index (κ3) is 28.0. The highest BCUT2D eigenvalue weighted by molar-refractivity contribution is 8.76. The van der Waals surface area contributed by atoms with E-state index in [1.807, 2.05) is 30.3 Å². The monoisotopic (exact) mass is 1780 g/mol. The Labute approximate surface area is 714 Å². The molecule has 3 saturated heterocycles. The molecule has 0 bridgehead atoms. The van der Waals surface area contributed by atoms with Crippen molar-refractivity contribution in [2.24, 2.45) is 11.5 Å². The van der Waals surface area contributed by atoms with Crippen LogP contribution in [0, 0.1) is 5.41 Å². The van der Waals surface area contributed by atoms with Crippen molar-refractivity contribution in [2.45, 2.75) is 176 Å². The number of aliphatic carboxylic acids is 3. The first-order chi connectivity index (χ1) is 58.7. The number of amides is 13. The fraction of sp³-hybridized carbons (Fsp3) is 0.560. The van der Waals surface area contributed by atoms with E-state index >= 15 is 0 Å². The Hall–Kier alpha value is -11.6. The SMILES string of the molecule is CC[C@@]1(OC(=O)CCCOCCOCCONC(=O)CCN2C(=O)CC(SC[C@H](NC(C)=O)C(=O)N[C@H]3CSSC[C@@H](C(=O)O)NC(=O)[C@H](CC(=O)O)NC(=O)[C@@H]4CCCN4C(=O)CNC(=O)[C@H](CCCCN)NC(=O)[C@H](CC(=O)O)NC(=O)CNC(=O)[C@H](CCCNC(=N)N)NC3=O)C2=O)C(=O)OCc2c1cc1n(c2=O)Cc2cc3ccccc3nc2-1. The number of esters is 2. The van der Waals surface area contributed by atoms with Crippen LogP contribution in [0.1, 0.15) is 120 Å². The molecule has 45 nitrogen and oxygen atoms in total. The molecule has 1 unspecified atom stereocenters. The number of thioether (sulfide) groups is 1. The fourth-order valence-electron chi connectivity index (χ4n) is 13.7. The summed E-state index contributed by atoms with van der Waals surface area (Å²) in [7, 11) is 1.39. The first kappa shape index (κ1) is 96.9. The third-order valence-electron chi connectivity index (χ3n) is 19.9. The zero-order valence-corrected chi connectivity index (χ0v) is 69.6. The van der Waals surface area contributed by atoms with Gasteiger partial charge in [-0.05, 0) is 82.5 Å². The highest BCUT2D eigenvalue weighted by Gasteiger charge is 2.51. The molecule has 2 aromatic heterocycles. The van der Waals surface area contributed by atoms with Crippen LogP contribution in [0.25, 0.3) is 22.3 Å². The summed E-state index contributed by atoms with van der Waals surface area (Å²) in [5, 5.41) is 60.7. The maximum absolute atomic E-state index is 14.6. The van der Waals surface area contributed by atoms with Gasteiger partial charge in [-0.1, -0.05) is 46.7 Å². The van der Waals surface area contributed by atoms with Gasteiger partial charge in [-0.2, -0.15) is 0 Å². The number of para-hydroxylation sites is 1. The Balaban J connectivity index is 0.847. The zero-order chi connectivity index (χ0) is 89.6. The van der Waals surface area contributed by atoms with Crippen molar-refractivity contribution in [3.05, 3.63) is 63.4 Å². The Bertz CT molecular complexity index is 4560. The molecular formula is C75H100N18O27S3. The van der Waals surface area contributed by atoms with E-state index in [0.717, 1.165) is 45.0 Å². The standard InChI is InChI=1S/C75H100N18O27S3/c1-3-75(43-28-53-62-41(27-40-11-4-5-12-44(40)84-62)34-93(53)70(111)42(43)35-118-73(75)115)120-61(103)16-10-22-116-23-24-117-25-26-119-90-55(95)17-21-92-57(97)31-54(71(92)112)121-36-49(82-39(2)94)67(108)88-50-37-122-123-38-51(72(113)114)89-66(107)48(30-60(101)102)87-69(110)52-15-9-20-91(52)58(98)33-81-64(105)45(13-6-7-18-76)85-65(106)47(29-59(99)100)83-56(96)32-80-63(104)46(86-68(50)109)14-8-19-79-74(77)78/h4-5,11-12,27-28,45-52,54H,3,6-10,13-26,29-38,76H2,1-2H3,(H,80,104)(H,81,105)(H,82,94)(H,83,96)(H,85,106)(H,86,109)(H,87,110)(H,88,108)(H,89,107)(H,90,95)(H,99,100)(H,101,102)(H,113,114)(H4,77,78,79)/t45-,46-,47-,48-,49-,50-,51-,52-,54?,75-/m0/s1. The minimum Gasteiger partial charge on any atom is -0.481 e. The number of hydrogen-bond acceptors (Lipinski definition) is 30. The third-order valence-corrected chi connectivity index (χ3v) is 23.6. The number of fused-ring (bicyclic) bond motifs is 6. The molecule has 13 amide bonds. The van der Waals surface area contributed by atoms with Crippen LogP contribution in [0.15, 0.2) is 41.2 Å². The fourth-order valence-corrected chi connectivity index (χ4v) is 17.2. The van der Waals surface area contributed by atoms with Crippen LogP contribution in [0.4, 0.5) is 0 Å². The van der Waals surface area contributed by atoms with Gasteiger partial charge in [-0.3, -0.25) is 96.7 Å². The maximum atomic E-state index is 14.6. The second-order valence-corrected chi connectivity index (χ2v) is 32.6. The van der Waals surface area contributed by atoms with Crippen molar-refractivity contribution < 1.29 is 125 Å². The number of carboxylic acids is 3. The average molecular weight is 1780 g/mol. The number of cyclic esters (lactones) is 1. The summed E-state index contributed by atoms with van der Waals surface area (Å²) in [5.74, 6) is -21.4. The minimum atomic E-state index is -1.95. The number of imide groups is 1. The lowest BCUT2D eigenvalue weighted by Gasteiger charge is -2.35. The number of guanidine groups is 1. The highest BCUT2D eigenvalue weighted by Crippen LogP contribution is 2.41. The number of carbonyl (C=O) groups is 18. The molecule has 0 radical (unpaired) electrons. The van der Waals surface area contributed by atoms with E-state index in [4.69, 9.17) is 45.6 Å². The van der Waals surface area contributed by atoms with Crippen LogP contribution < -0.4 is 75.7 Å². The number of nitrogens with two attached hydrogens (primary N) is 2. The van der Waals surface area contributed by atoms with Crippen molar-refractivity contribution in [1.82, 2.24) is 78.0 Å². The molecule has 123 heavy (non-hydrogen) atoms. The number of ether oxygens (including phenoxy) is 4. The van der Waals surface area contributed by atoms with Crippen LogP contribution in [0.5, 0.6) is 0 Å². The van der Waals surface area contributed by atoms with Crippen LogP contribution in [-0.2, 0) is 129 Å². The van der Waals surface area contributed by atoms with E-state index in [-0.39, 0.29) is 140 Å². The van der Waals surface area contributed by atoms with Gasteiger partial charge in [0, 0.05) is 86.2 Å². The number of aromatic nitrogens is 2. The number of carboxylic acid groups (broad SMARTS) is 3. The molecule has 3 fully saturated rings. The Morgan fingerprint density at radius 1 is 0.756 bits per heavy atom. The molecule has 5 aliphatic rings. The Kier molecular flexibility index (Phi) is 37.1. The lowest BCUT2D eigenvalue weighted by Crippen LogP contribution is -2.58. The number of hydrogen-bond donors (Lipinski definition) is 17. The number of nitrogens with one attached hydrogen (secondary N) is 12. The van der Waals surface area contributed by atoms with Crippen LogP contribution in [0.2, 0.25) is 0 Å². The first-order valence-electron chi connectivity index (χ1n) is 39.4. The smallest absolute Gasteiger partial charge is 0.355 e.